The van der Waals surface area contributed by atoms with Crippen LogP contribution in [0.25, 0.3) is 22.6 Å². The highest BCUT2D eigenvalue weighted by atomic mass is 35.5. The number of hydrogen-bond donors (Lipinski definition) is 1. The highest BCUT2D eigenvalue weighted by Crippen LogP contribution is 2.32. The number of carbonyl (C=O) groups excluding carboxylic acids is 1. The molecular formula is C20H18ClN5O2S2. The summed E-state index contributed by atoms with van der Waals surface area (Å²) < 4.78 is 7.80. The first kappa shape index (κ1) is 20.6. The minimum atomic E-state index is -0.399. The Kier molecular flexibility index (Phi) is 5.94. The lowest BCUT2D eigenvalue weighted by molar-refractivity contribution is -0.115. The lowest BCUT2D eigenvalue weighted by atomic mass is 10.2. The van der Waals surface area contributed by atoms with Crippen LogP contribution in [-0.2, 0) is 11.3 Å². The normalized spacial score (nSPS) is 12.2. The molecule has 0 bridgehead atoms. The fourth-order valence-corrected chi connectivity index (χ4v) is 4.54. The monoisotopic (exact) mass is 459 g/mol. The summed E-state index contributed by atoms with van der Waals surface area (Å²) in [4.78, 5) is 16.8. The van der Waals surface area contributed by atoms with Gasteiger partial charge in [0, 0.05) is 22.3 Å². The van der Waals surface area contributed by atoms with Crippen molar-refractivity contribution in [3.8, 4) is 11.6 Å². The van der Waals surface area contributed by atoms with E-state index in [2.05, 4.69) is 27.1 Å². The van der Waals surface area contributed by atoms with Crippen molar-refractivity contribution >= 4 is 56.7 Å². The number of rotatable bonds is 7. The predicted octanol–water partition coefficient (Wildman–Crippen LogP) is 5.41. The highest BCUT2D eigenvalue weighted by Gasteiger charge is 2.22. The summed E-state index contributed by atoms with van der Waals surface area (Å²) >= 11 is 8.78. The van der Waals surface area contributed by atoms with Crippen molar-refractivity contribution in [1.29, 1.82) is 0 Å². The number of anilines is 1. The van der Waals surface area contributed by atoms with E-state index in [1.54, 1.807) is 12.1 Å². The third-order valence-corrected chi connectivity index (χ3v) is 6.42. The van der Waals surface area contributed by atoms with E-state index in [0.717, 1.165) is 11.1 Å². The first-order valence-electron chi connectivity index (χ1n) is 9.08. The van der Waals surface area contributed by atoms with Crippen molar-refractivity contribution in [2.75, 3.05) is 5.32 Å². The van der Waals surface area contributed by atoms with Crippen molar-refractivity contribution in [1.82, 2.24) is 19.7 Å². The summed E-state index contributed by atoms with van der Waals surface area (Å²) in [6, 6.07) is 7.30. The number of thiazole rings is 1. The topological polar surface area (TPSA) is 85.8 Å². The second-order valence-corrected chi connectivity index (χ2v) is 9.14. The molecule has 1 atom stereocenters. The van der Waals surface area contributed by atoms with Gasteiger partial charge in [-0.05, 0) is 38.1 Å². The van der Waals surface area contributed by atoms with Gasteiger partial charge in [-0.25, -0.2) is 4.98 Å². The van der Waals surface area contributed by atoms with Crippen LogP contribution in [0.3, 0.4) is 0 Å². The number of aromatic nitrogens is 4. The zero-order chi connectivity index (χ0) is 21.3. The number of thioether (sulfide) groups is 1. The molecule has 0 aliphatic heterocycles. The molecule has 7 nitrogen and oxygen atoms in total. The van der Waals surface area contributed by atoms with E-state index in [4.69, 9.17) is 16.0 Å². The molecule has 0 saturated carbocycles. The lowest BCUT2D eigenvalue weighted by Crippen LogP contribution is -2.22. The number of nitrogens with zero attached hydrogens (tertiary/aromatic N) is 4. The molecule has 0 aliphatic carbocycles. The first-order chi connectivity index (χ1) is 14.4. The van der Waals surface area contributed by atoms with Crippen LogP contribution in [0.15, 0.2) is 51.9 Å². The molecular weight excluding hydrogens is 442 g/mol. The molecule has 3 aromatic heterocycles. The number of halogens is 1. The third-order valence-electron chi connectivity index (χ3n) is 4.23. The Morgan fingerprint density at radius 1 is 1.43 bits per heavy atom. The molecule has 4 rings (SSSR count). The van der Waals surface area contributed by atoms with Gasteiger partial charge < -0.3 is 9.73 Å². The van der Waals surface area contributed by atoms with Crippen molar-refractivity contribution < 1.29 is 9.21 Å². The molecule has 0 fully saturated rings. The summed E-state index contributed by atoms with van der Waals surface area (Å²) in [6.07, 6.45) is 1.75. The number of allylic oxidation sites excluding steroid dienone is 1. The van der Waals surface area contributed by atoms with Crippen LogP contribution in [0, 0.1) is 6.92 Å². The number of amides is 1. The number of benzene rings is 1. The van der Waals surface area contributed by atoms with Crippen molar-refractivity contribution in [2.45, 2.75) is 30.8 Å². The van der Waals surface area contributed by atoms with Gasteiger partial charge in [-0.2, -0.15) is 0 Å². The van der Waals surface area contributed by atoms with Gasteiger partial charge in [0.2, 0.25) is 11.7 Å². The molecule has 1 unspecified atom stereocenters. The minimum absolute atomic E-state index is 0.151. The van der Waals surface area contributed by atoms with Crippen molar-refractivity contribution in [3.05, 3.63) is 53.0 Å². The molecule has 4 aromatic rings. The van der Waals surface area contributed by atoms with E-state index >= 15 is 0 Å². The summed E-state index contributed by atoms with van der Waals surface area (Å²) in [6.45, 7) is 7.99. The van der Waals surface area contributed by atoms with Crippen molar-refractivity contribution in [2.24, 2.45) is 0 Å². The van der Waals surface area contributed by atoms with Gasteiger partial charge in [0.05, 0.1) is 10.9 Å². The van der Waals surface area contributed by atoms with Gasteiger partial charge in [0.1, 0.15) is 5.58 Å². The van der Waals surface area contributed by atoms with Gasteiger partial charge in [-0.3, -0.25) is 9.36 Å². The molecule has 1 amide bonds. The van der Waals surface area contributed by atoms with Crippen LogP contribution < -0.4 is 5.32 Å². The maximum absolute atomic E-state index is 12.5. The van der Waals surface area contributed by atoms with Gasteiger partial charge in [-0.15, -0.1) is 28.1 Å². The average Bonchev–Trinajstić information content (AvgIpc) is 3.41. The summed E-state index contributed by atoms with van der Waals surface area (Å²) in [5.41, 5.74) is 1.58. The number of fused-ring (bicyclic) bond motifs is 1. The molecule has 0 radical (unpaired) electrons. The average molecular weight is 460 g/mol. The molecule has 1 aromatic carbocycles. The van der Waals surface area contributed by atoms with E-state index in [1.807, 2.05) is 42.0 Å². The van der Waals surface area contributed by atoms with E-state index in [1.165, 1.54) is 23.1 Å². The molecule has 0 aliphatic rings. The minimum Gasteiger partial charge on any atom is -0.453 e. The van der Waals surface area contributed by atoms with Crippen LogP contribution in [-0.4, -0.2) is 30.9 Å². The van der Waals surface area contributed by atoms with E-state index in [-0.39, 0.29) is 5.91 Å². The van der Waals surface area contributed by atoms with Gasteiger partial charge in [-0.1, -0.05) is 29.4 Å². The lowest BCUT2D eigenvalue weighted by Gasteiger charge is -2.11. The van der Waals surface area contributed by atoms with Gasteiger partial charge in [0.15, 0.2) is 16.0 Å². The number of furan rings is 1. The van der Waals surface area contributed by atoms with Crippen LogP contribution in [0.5, 0.6) is 0 Å². The number of carbonyl (C=O) groups is 1. The fraction of sp³-hybridized carbons (Fsp3) is 0.200. The Balaban J connectivity index is 1.58. The molecule has 154 valence electrons. The Labute approximate surface area is 186 Å². The smallest absolute Gasteiger partial charge is 0.239 e. The number of aryl methyl sites for hydroxylation is 1. The summed E-state index contributed by atoms with van der Waals surface area (Å²) in [7, 11) is 0. The Morgan fingerprint density at radius 3 is 3.00 bits per heavy atom. The zero-order valence-corrected chi connectivity index (χ0v) is 18.6. The standard InChI is InChI=1S/C20H18ClN5O2S2/c1-4-7-26-17(16-9-13-8-14(21)5-6-15(13)28-16)24-25-20(26)30-12(3)18(27)23-19-22-11(2)10-29-19/h4-6,8-10,12H,1,7H2,2-3H3,(H,22,23,27). The summed E-state index contributed by atoms with van der Waals surface area (Å²) in [5.74, 6) is 0.985. The van der Waals surface area contributed by atoms with Crippen LogP contribution in [0.4, 0.5) is 5.13 Å². The third kappa shape index (κ3) is 4.28. The second-order valence-electron chi connectivity index (χ2n) is 6.54. The number of hydrogen-bond acceptors (Lipinski definition) is 7. The van der Waals surface area contributed by atoms with E-state index in [0.29, 0.717) is 39.0 Å². The SMILES string of the molecule is C=CCn1c(SC(C)C(=O)Nc2nc(C)cs2)nnc1-c1cc2cc(Cl)ccc2o1. The van der Waals surface area contributed by atoms with Gasteiger partial charge >= 0.3 is 0 Å². The second kappa shape index (κ2) is 8.63. The highest BCUT2D eigenvalue weighted by molar-refractivity contribution is 8.00. The number of nitrogens with one attached hydrogen (secondary N) is 1. The summed E-state index contributed by atoms with van der Waals surface area (Å²) in [5, 5.41) is 15.6. The zero-order valence-electron chi connectivity index (χ0n) is 16.3. The molecule has 3 heterocycles. The fourth-order valence-electron chi connectivity index (χ4n) is 2.81. The van der Waals surface area contributed by atoms with E-state index < -0.39 is 5.25 Å². The van der Waals surface area contributed by atoms with E-state index in [9.17, 15) is 4.79 Å². The predicted molar refractivity (Wildman–Crippen MR) is 121 cm³/mol. The Hall–Kier alpha value is -2.62. The largest absolute Gasteiger partial charge is 0.453 e. The molecule has 10 heteroatoms. The van der Waals surface area contributed by atoms with Crippen LogP contribution in [0.1, 0.15) is 12.6 Å². The quantitative estimate of drug-likeness (QED) is 0.293. The molecule has 0 saturated heterocycles. The first-order valence-corrected chi connectivity index (χ1v) is 11.2. The Morgan fingerprint density at radius 2 is 2.27 bits per heavy atom. The maximum Gasteiger partial charge on any atom is 0.239 e. The molecule has 30 heavy (non-hydrogen) atoms. The maximum atomic E-state index is 12.5. The molecule has 1 N–H and O–H groups in total. The van der Waals surface area contributed by atoms with Crippen LogP contribution >= 0.6 is 34.7 Å². The Bertz CT molecular complexity index is 1230. The molecule has 0 spiro atoms. The van der Waals surface area contributed by atoms with Crippen LogP contribution in [0.2, 0.25) is 5.02 Å². The van der Waals surface area contributed by atoms with Gasteiger partial charge in [0.25, 0.3) is 0 Å². The van der Waals surface area contributed by atoms with Crippen molar-refractivity contribution in [3.63, 3.8) is 0 Å².